The summed E-state index contributed by atoms with van der Waals surface area (Å²) in [6.45, 7) is 4.08. The van der Waals surface area contributed by atoms with Crippen LogP contribution >= 0.6 is 0 Å². The summed E-state index contributed by atoms with van der Waals surface area (Å²) in [4.78, 5) is 13.4. The number of carbonyl (C=O) groups excluding carboxylic acids is 1. The second kappa shape index (κ2) is 9.34. The Morgan fingerprint density at radius 2 is 1.52 bits per heavy atom. The van der Waals surface area contributed by atoms with Gasteiger partial charge in [0.1, 0.15) is 23.3 Å². The number of aryl methyl sites for hydroxylation is 2. The van der Waals surface area contributed by atoms with Gasteiger partial charge in [-0.3, -0.25) is 4.79 Å². The van der Waals surface area contributed by atoms with E-state index in [1.54, 1.807) is 18.2 Å². The summed E-state index contributed by atoms with van der Waals surface area (Å²) in [5.41, 5.74) is 3.49. The molecule has 0 aliphatic heterocycles. The molecule has 2 atom stereocenters. The quantitative estimate of drug-likeness (QED) is 0.280. The van der Waals surface area contributed by atoms with Crippen molar-refractivity contribution in [2.75, 3.05) is 0 Å². The Labute approximate surface area is 190 Å². The summed E-state index contributed by atoms with van der Waals surface area (Å²) in [6.07, 6.45) is 3.83. The maximum absolute atomic E-state index is 14.5. The van der Waals surface area contributed by atoms with Crippen molar-refractivity contribution < 1.29 is 22.4 Å². The van der Waals surface area contributed by atoms with Crippen molar-refractivity contribution in [3.05, 3.63) is 117 Å². The van der Waals surface area contributed by atoms with E-state index in [9.17, 15) is 22.4 Å². The highest BCUT2D eigenvalue weighted by atomic mass is 19.1. The SMILES string of the molecule is CCc1ccc(C2CC(c3ccc(F)cc3)C=C2C(=O)c2c(F)cc(F)cc2F)c(CC)c1. The fourth-order valence-corrected chi connectivity index (χ4v) is 4.68. The molecule has 0 amide bonds. The first kappa shape index (κ1) is 23.0. The highest BCUT2D eigenvalue weighted by Gasteiger charge is 2.36. The Hall–Kier alpha value is -3.21. The molecule has 2 unspecified atom stereocenters. The van der Waals surface area contributed by atoms with Gasteiger partial charge in [-0.25, -0.2) is 17.6 Å². The van der Waals surface area contributed by atoms with Crippen molar-refractivity contribution in [1.29, 1.82) is 0 Å². The number of ketones is 1. The first-order valence-corrected chi connectivity index (χ1v) is 11.1. The van der Waals surface area contributed by atoms with Gasteiger partial charge in [-0.2, -0.15) is 0 Å². The molecule has 170 valence electrons. The third-order valence-electron chi connectivity index (χ3n) is 6.41. The van der Waals surface area contributed by atoms with Crippen LogP contribution in [0.1, 0.15) is 64.7 Å². The fraction of sp³-hybridized carbons (Fsp3) is 0.250. The molecule has 33 heavy (non-hydrogen) atoms. The first-order chi connectivity index (χ1) is 15.8. The summed E-state index contributed by atoms with van der Waals surface area (Å²) in [6, 6.07) is 13.1. The average Bonchev–Trinajstić information content (AvgIpc) is 3.23. The molecule has 0 saturated carbocycles. The third-order valence-corrected chi connectivity index (χ3v) is 6.41. The minimum absolute atomic E-state index is 0.225. The van der Waals surface area contributed by atoms with Gasteiger partial charge in [0.25, 0.3) is 0 Å². The molecule has 5 heteroatoms. The third kappa shape index (κ3) is 4.50. The van der Waals surface area contributed by atoms with Crippen LogP contribution in [-0.4, -0.2) is 5.78 Å². The first-order valence-electron chi connectivity index (χ1n) is 11.1. The lowest BCUT2D eigenvalue weighted by Crippen LogP contribution is -2.14. The van der Waals surface area contributed by atoms with Crippen LogP contribution in [0.5, 0.6) is 0 Å². The van der Waals surface area contributed by atoms with Crippen molar-refractivity contribution >= 4 is 5.78 Å². The number of hydrogen-bond donors (Lipinski definition) is 0. The largest absolute Gasteiger partial charge is 0.289 e. The molecule has 0 saturated heterocycles. The normalized spacial score (nSPS) is 17.8. The Kier molecular flexibility index (Phi) is 6.50. The van der Waals surface area contributed by atoms with Gasteiger partial charge in [0.15, 0.2) is 5.78 Å². The molecule has 3 aromatic carbocycles. The minimum Gasteiger partial charge on any atom is -0.289 e. The number of hydrogen-bond acceptors (Lipinski definition) is 1. The van der Waals surface area contributed by atoms with Crippen LogP contribution in [0.4, 0.5) is 17.6 Å². The van der Waals surface area contributed by atoms with Crippen LogP contribution in [0.15, 0.2) is 66.2 Å². The smallest absolute Gasteiger partial charge is 0.195 e. The molecule has 0 aromatic heterocycles. The molecular formula is C28H24F4O. The van der Waals surface area contributed by atoms with E-state index in [-0.39, 0.29) is 17.3 Å². The zero-order valence-electron chi connectivity index (χ0n) is 18.5. The summed E-state index contributed by atoms with van der Waals surface area (Å²) in [5.74, 6) is -5.30. The fourth-order valence-electron chi connectivity index (χ4n) is 4.68. The van der Waals surface area contributed by atoms with E-state index in [0.29, 0.717) is 18.6 Å². The number of Topliss-reactive ketones (excluding diaryl/α,β-unsaturated/α-hetero) is 1. The second-order valence-corrected chi connectivity index (χ2v) is 8.38. The Balaban J connectivity index is 1.83. The molecule has 0 bridgehead atoms. The Morgan fingerprint density at radius 1 is 0.848 bits per heavy atom. The van der Waals surface area contributed by atoms with Crippen molar-refractivity contribution in [3.63, 3.8) is 0 Å². The van der Waals surface area contributed by atoms with Gasteiger partial charge in [0.05, 0.1) is 5.56 Å². The molecule has 0 heterocycles. The van der Waals surface area contributed by atoms with Crippen molar-refractivity contribution in [2.24, 2.45) is 0 Å². The van der Waals surface area contributed by atoms with Crippen LogP contribution in [0.2, 0.25) is 0 Å². The van der Waals surface area contributed by atoms with E-state index in [2.05, 4.69) is 13.0 Å². The molecular weight excluding hydrogens is 428 g/mol. The predicted molar refractivity (Wildman–Crippen MR) is 120 cm³/mol. The molecule has 1 aliphatic carbocycles. The predicted octanol–water partition coefficient (Wildman–Crippen LogP) is 7.45. The lowest BCUT2D eigenvalue weighted by molar-refractivity contribution is 0.102. The highest BCUT2D eigenvalue weighted by Crippen LogP contribution is 2.45. The van der Waals surface area contributed by atoms with Crippen LogP contribution in [0.3, 0.4) is 0 Å². The van der Waals surface area contributed by atoms with Gasteiger partial charge >= 0.3 is 0 Å². The van der Waals surface area contributed by atoms with Gasteiger partial charge in [-0.1, -0.05) is 50.3 Å². The molecule has 1 nitrogen and oxygen atoms in total. The number of allylic oxidation sites excluding steroid dienone is 2. The monoisotopic (exact) mass is 452 g/mol. The van der Waals surface area contributed by atoms with E-state index in [1.807, 2.05) is 19.1 Å². The second-order valence-electron chi connectivity index (χ2n) is 8.38. The molecule has 0 radical (unpaired) electrons. The lowest BCUT2D eigenvalue weighted by Gasteiger charge is -2.20. The Morgan fingerprint density at radius 3 is 2.12 bits per heavy atom. The molecule has 4 rings (SSSR count). The van der Waals surface area contributed by atoms with E-state index >= 15 is 0 Å². The van der Waals surface area contributed by atoms with E-state index in [4.69, 9.17) is 0 Å². The van der Waals surface area contributed by atoms with Gasteiger partial charge < -0.3 is 0 Å². The van der Waals surface area contributed by atoms with E-state index in [0.717, 1.165) is 35.1 Å². The van der Waals surface area contributed by atoms with Crippen LogP contribution < -0.4 is 0 Å². The number of carbonyl (C=O) groups is 1. The number of rotatable bonds is 6. The maximum atomic E-state index is 14.5. The highest BCUT2D eigenvalue weighted by molar-refractivity contribution is 6.10. The zero-order valence-corrected chi connectivity index (χ0v) is 18.5. The summed E-state index contributed by atoms with van der Waals surface area (Å²) < 4.78 is 55.9. The molecule has 0 N–H and O–H groups in total. The number of benzene rings is 3. The topological polar surface area (TPSA) is 17.1 Å². The standard InChI is InChI=1S/C28H24F4O/c1-3-16-5-10-22(17(4-2)11-16)23-12-19(18-6-8-20(29)9-7-18)13-24(23)28(33)27-25(31)14-21(30)15-26(27)32/h5-11,13-15,19,23H,3-4,12H2,1-2H3. The van der Waals surface area contributed by atoms with E-state index < -0.39 is 34.7 Å². The maximum Gasteiger partial charge on any atom is 0.195 e. The van der Waals surface area contributed by atoms with Crippen molar-refractivity contribution in [2.45, 2.75) is 44.9 Å². The van der Waals surface area contributed by atoms with Crippen molar-refractivity contribution in [3.8, 4) is 0 Å². The van der Waals surface area contributed by atoms with Gasteiger partial charge in [-0.15, -0.1) is 0 Å². The molecule has 0 fully saturated rings. The molecule has 3 aromatic rings. The van der Waals surface area contributed by atoms with Gasteiger partial charge in [0, 0.05) is 29.5 Å². The van der Waals surface area contributed by atoms with Crippen LogP contribution in [0.25, 0.3) is 0 Å². The summed E-state index contributed by atoms with van der Waals surface area (Å²) in [7, 11) is 0. The van der Waals surface area contributed by atoms with Gasteiger partial charge in [-0.05, 0) is 53.6 Å². The van der Waals surface area contributed by atoms with E-state index in [1.165, 1.54) is 12.1 Å². The number of halogens is 4. The Bertz CT molecular complexity index is 1200. The van der Waals surface area contributed by atoms with Crippen molar-refractivity contribution in [1.82, 2.24) is 0 Å². The summed E-state index contributed by atoms with van der Waals surface area (Å²) in [5, 5.41) is 0. The van der Waals surface area contributed by atoms with Gasteiger partial charge in [0.2, 0.25) is 0 Å². The van der Waals surface area contributed by atoms with Crippen LogP contribution in [0, 0.1) is 23.3 Å². The summed E-state index contributed by atoms with van der Waals surface area (Å²) >= 11 is 0. The average molecular weight is 452 g/mol. The molecule has 1 aliphatic rings. The molecule has 0 spiro atoms. The van der Waals surface area contributed by atoms with Crippen LogP contribution in [-0.2, 0) is 12.8 Å². The zero-order chi connectivity index (χ0) is 23.7. The lowest BCUT2D eigenvalue weighted by atomic mass is 9.83. The minimum atomic E-state index is -1.22.